The summed E-state index contributed by atoms with van der Waals surface area (Å²) < 4.78 is 28.1. The lowest BCUT2D eigenvalue weighted by Gasteiger charge is -2.20. The monoisotopic (exact) mass is 424 g/mol. The number of amides is 1. The highest BCUT2D eigenvalue weighted by atomic mass is 32.2. The highest BCUT2D eigenvalue weighted by Crippen LogP contribution is 2.32. The first-order chi connectivity index (χ1) is 14.3. The Morgan fingerprint density at radius 1 is 1.23 bits per heavy atom. The van der Waals surface area contributed by atoms with Gasteiger partial charge < -0.3 is 10.2 Å². The second-order valence-corrected chi connectivity index (χ2v) is 9.35. The molecule has 0 bridgehead atoms. The average molecular weight is 425 g/mol. The number of pyridine rings is 1. The predicted octanol–water partition coefficient (Wildman–Crippen LogP) is 3.02. The van der Waals surface area contributed by atoms with Crippen LogP contribution in [0.2, 0.25) is 0 Å². The third kappa shape index (κ3) is 3.53. The van der Waals surface area contributed by atoms with E-state index in [2.05, 4.69) is 23.3 Å². The van der Waals surface area contributed by atoms with Crippen LogP contribution in [0.15, 0.2) is 59.8 Å². The van der Waals surface area contributed by atoms with Crippen LogP contribution >= 0.6 is 0 Å². The van der Waals surface area contributed by atoms with Gasteiger partial charge in [-0.1, -0.05) is 6.08 Å². The summed E-state index contributed by atoms with van der Waals surface area (Å²) >= 11 is 0. The van der Waals surface area contributed by atoms with Crippen molar-refractivity contribution in [2.45, 2.75) is 31.2 Å². The van der Waals surface area contributed by atoms with E-state index in [0.717, 1.165) is 29.5 Å². The second-order valence-electron chi connectivity index (χ2n) is 7.53. The minimum absolute atomic E-state index is 0.125. The van der Waals surface area contributed by atoms with E-state index in [-0.39, 0.29) is 10.8 Å². The van der Waals surface area contributed by atoms with Gasteiger partial charge in [0.2, 0.25) is 5.91 Å². The molecule has 1 aliphatic heterocycles. The van der Waals surface area contributed by atoms with E-state index in [1.165, 1.54) is 27.9 Å². The van der Waals surface area contributed by atoms with Crippen molar-refractivity contribution in [1.29, 1.82) is 0 Å². The molecule has 0 saturated carbocycles. The molecule has 156 valence electrons. The van der Waals surface area contributed by atoms with Gasteiger partial charge in [-0.05, 0) is 55.3 Å². The zero-order valence-corrected chi connectivity index (χ0v) is 18.0. The molecule has 0 radical (unpaired) electrons. The zero-order chi connectivity index (χ0) is 21.5. The van der Waals surface area contributed by atoms with Crippen LogP contribution in [-0.2, 0) is 14.8 Å². The lowest BCUT2D eigenvalue weighted by atomic mass is 9.96. The number of benzene rings is 1. The van der Waals surface area contributed by atoms with E-state index >= 15 is 0 Å². The number of hydrogen-bond donors (Lipinski definition) is 1. The van der Waals surface area contributed by atoms with Crippen LogP contribution in [-0.4, -0.2) is 42.9 Å². The van der Waals surface area contributed by atoms with E-state index < -0.39 is 10.0 Å². The quantitative estimate of drug-likeness (QED) is 0.696. The Morgan fingerprint density at radius 2 is 1.97 bits per heavy atom. The Balaban J connectivity index is 1.81. The molecule has 1 N–H and O–H groups in total. The molecule has 0 fully saturated rings. The third-order valence-electron chi connectivity index (χ3n) is 5.47. The van der Waals surface area contributed by atoms with Crippen LogP contribution in [0.25, 0.3) is 16.6 Å². The lowest BCUT2D eigenvalue weighted by Crippen LogP contribution is -2.29. The van der Waals surface area contributed by atoms with E-state index in [9.17, 15) is 13.2 Å². The molecule has 2 aromatic heterocycles. The summed E-state index contributed by atoms with van der Waals surface area (Å²) in [6, 6.07) is 10.3. The molecular formula is C22H24N4O3S. The maximum atomic E-state index is 13.4. The highest BCUT2D eigenvalue weighted by molar-refractivity contribution is 7.90. The number of fused-ring (bicyclic) bond motifs is 1. The lowest BCUT2D eigenvalue weighted by molar-refractivity contribution is -0.116. The van der Waals surface area contributed by atoms with Gasteiger partial charge in [0.05, 0.1) is 4.90 Å². The molecule has 4 rings (SSSR count). The fraction of sp³-hybridized carbons (Fsp3) is 0.273. The molecule has 0 spiro atoms. The standard InChI is InChI=1S/C22H24N4O3S/c1-15-13-17(10-12-23-15)21-14-26(22-20(21)5-4-11-24-22)30(28,29)19-8-6-18(7-9-19)25(3)16(2)27/h4-11,14-15,23H,12-13H2,1-3H3. The molecule has 1 atom stereocenters. The second kappa shape index (κ2) is 7.70. The van der Waals surface area contributed by atoms with Crippen molar-refractivity contribution in [2.24, 2.45) is 0 Å². The first kappa shape index (κ1) is 20.3. The van der Waals surface area contributed by atoms with Crippen molar-refractivity contribution in [3.63, 3.8) is 0 Å². The van der Waals surface area contributed by atoms with Gasteiger partial charge in [0, 0.05) is 55.6 Å². The number of anilines is 1. The molecular weight excluding hydrogens is 400 g/mol. The third-order valence-corrected chi connectivity index (χ3v) is 7.14. The van der Waals surface area contributed by atoms with Crippen molar-refractivity contribution < 1.29 is 13.2 Å². The van der Waals surface area contributed by atoms with Gasteiger partial charge in [0.25, 0.3) is 10.0 Å². The molecule has 1 amide bonds. The van der Waals surface area contributed by atoms with Gasteiger partial charge >= 0.3 is 0 Å². The van der Waals surface area contributed by atoms with Gasteiger partial charge in [0.1, 0.15) is 0 Å². The van der Waals surface area contributed by atoms with Crippen molar-refractivity contribution in [1.82, 2.24) is 14.3 Å². The van der Waals surface area contributed by atoms with E-state index in [0.29, 0.717) is 17.4 Å². The summed E-state index contributed by atoms with van der Waals surface area (Å²) in [4.78, 5) is 17.5. The molecule has 30 heavy (non-hydrogen) atoms. The van der Waals surface area contributed by atoms with Crippen molar-refractivity contribution in [3.8, 4) is 0 Å². The van der Waals surface area contributed by atoms with Crippen LogP contribution in [0, 0.1) is 0 Å². The van der Waals surface area contributed by atoms with Gasteiger partial charge in [-0.25, -0.2) is 17.4 Å². The number of nitrogens with zero attached hydrogens (tertiary/aromatic N) is 3. The normalized spacial score (nSPS) is 17.0. The predicted molar refractivity (Wildman–Crippen MR) is 118 cm³/mol. The molecule has 1 aromatic carbocycles. The fourth-order valence-electron chi connectivity index (χ4n) is 3.70. The van der Waals surface area contributed by atoms with Gasteiger partial charge in [-0.3, -0.25) is 4.79 Å². The summed E-state index contributed by atoms with van der Waals surface area (Å²) in [5.74, 6) is -0.125. The van der Waals surface area contributed by atoms with Crippen LogP contribution in [0.1, 0.15) is 25.8 Å². The maximum absolute atomic E-state index is 13.4. The van der Waals surface area contributed by atoms with Gasteiger partial charge in [0.15, 0.2) is 5.65 Å². The first-order valence-electron chi connectivity index (χ1n) is 9.78. The minimum Gasteiger partial charge on any atom is -0.316 e. The smallest absolute Gasteiger partial charge is 0.269 e. The van der Waals surface area contributed by atoms with E-state index in [4.69, 9.17) is 0 Å². The number of hydrogen-bond acceptors (Lipinski definition) is 5. The Morgan fingerprint density at radius 3 is 2.63 bits per heavy atom. The van der Waals surface area contributed by atoms with Gasteiger partial charge in [-0.15, -0.1) is 0 Å². The average Bonchev–Trinajstić information content (AvgIpc) is 3.14. The molecule has 3 heterocycles. The topological polar surface area (TPSA) is 84.3 Å². The van der Waals surface area contributed by atoms with E-state index in [1.54, 1.807) is 31.6 Å². The van der Waals surface area contributed by atoms with Crippen LogP contribution in [0.3, 0.4) is 0 Å². The van der Waals surface area contributed by atoms with Crippen molar-refractivity contribution in [2.75, 3.05) is 18.5 Å². The highest BCUT2D eigenvalue weighted by Gasteiger charge is 2.24. The molecule has 7 nitrogen and oxygen atoms in total. The number of aromatic nitrogens is 2. The minimum atomic E-state index is -3.85. The SMILES string of the molecule is CC(=O)N(C)c1ccc(S(=O)(=O)n2cc(C3=CCNC(C)C3)c3cccnc32)cc1. The molecule has 3 aromatic rings. The molecule has 8 heteroatoms. The van der Waals surface area contributed by atoms with Crippen LogP contribution in [0.5, 0.6) is 0 Å². The fourth-order valence-corrected chi connectivity index (χ4v) is 5.02. The number of rotatable bonds is 4. The summed E-state index contributed by atoms with van der Waals surface area (Å²) in [6.45, 7) is 4.32. The largest absolute Gasteiger partial charge is 0.316 e. The molecule has 1 aliphatic rings. The number of carbonyl (C=O) groups is 1. The first-order valence-corrected chi connectivity index (χ1v) is 11.2. The summed E-state index contributed by atoms with van der Waals surface area (Å²) in [6.07, 6.45) is 6.19. The van der Waals surface area contributed by atoms with Crippen molar-refractivity contribution >= 4 is 38.2 Å². The summed E-state index contributed by atoms with van der Waals surface area (Å²) in [7, 11) is -2.20. The Kier molecular flexibility index (Phi) is 5.21. The van der Waals surface area contributed by atoms with Crippen molar-refractivity contribution in [3.05, 3.63) is 60.4 Å². The Bertz CT molecular complexity index is 1240. The Hall–Kier alpha value is -2.97. The molecule has 0 saturated heterocycles. The van der Waals surface area contributed by atoms with Crippen LogP contribution in [0.4, 0.5) is 5.69 Å². The molecule has 0 aliphatic carbocycles. The van der Waals surface area contributed by atoms with Gasteiger partial charge in [-0.2, -0.15) is 0 Å². The summed E-state index contributed by atoms with van der Waals surface area (Å²) in [5.41, 5.74) is 3.05. The number of nitrogens with one attached hydrogen (secondary N) is 1. The summed E-state index contributed by atoms with van der Waals surface area (Å²) in [5, 5.41) is 4.18. The maximum Gasteiger partial charge on any atom is 0.269 e. The van der Waals surface area contributed by atoms with Crippen LogP contribution < -0.4 is 10.2 Å². The van der Waals surface area contributed by atoms with E-state index in [1.807, 2.05) is 12.1 Å². The molecule has 1 unspecified atom stereocenters. The Labute approximate surface area is 176 Å². The number of carbonyl (C=O) groups excluding carboxylic acids is 1. The zero-order valence-electron chi connectivity index (χ0n) is 17.2.